The number of nitrogens with zero attached hydrogens (tertiary/aromatic N) is 6. The molecule has 0 N–H and O–H groups in total. The number of fused-ring (bicyclic) bond motifs is 1. The zero-order valence-corrected chi connectivity index (χ0v) is 14.3. The van der Waals surface area contributed by atoms with Gasteiger partial charge in [-0.3, -0.25) is 4.90 Å². The lowest BCUT2D eigenvalue weighted by Crippen LogP contribution is -2.31. The second kappa shape index (κ2) is 6.70. The molecule has 1 aliphatic rings. The third-order valence-electron chi connectivity index (χ3n) is 4.09. The maximum absolute atomic E-state index is 4.69. The van der Waals surface area contributed by atoms with Crippen LogP contribution < -0.4 is 0 Å². The van der Waals surface area contributed by atoms with Gasteiger partial charge in [0.15, 0.2) is 10.8 Å². The van der Waals surface area contributed by atoms with E-state index < -0.39 is 0 Å². The number of hydrogen-bond donors (Lipinski definition) is 0. The van der Waals surface area contributed by atoms with Gasteiger partial charge in [0.25, 0.3) is 0 Å². The molecule has 24 heavy (non-hydrogen) atoms. The molecule has 3 aromatic rings. The van der Waals surface area contributed by atoms with Gasteiger partial charge in [0.1, 0.15) is 5.82 Å². The number of hydrogen-bond acceptors (Lipinski definition) is 7. The Bertz CT molecular complexity index is 832. The molecule has 0 fully saturated rings. The van der Waals surface area contributed by atoms with Crippen molar-refractivity contribution in [2.24, 2.45) is 0 Å². The molecule has 0 aromatic carbocycles. The van der Waals surface area contributed by atoms with Crippen molar-refractivity contribution in [3.63, 3.8) is 0 Å². The van der Waals surface area contributed by atoms with Crippen LogP contribution in [0, 0.1) is 0 Å². The van der Waals surface area contributed by atoms with E-state index in [4.69, 9.17) is 0 Å². The smallest absolute Gasteiger partial charge is 0.188 e. The van der Waals surface area contributed by atoms with Gasteiger partial charge in [-0.1, -0.05) is 6.92 Å². The third-order valence-corrected chi connectivity index (χ3v) is 4.97. The van der Waals surface area contributed by atoms with E-state index in [0.29, 0.717) is 5.82 Å². The van der Waals surface area contributed by atoms with Crippen LogP contribution in [0.3, 0.4) is 0 Å². The van der Waals surface area contributed by atoms with E-state index in [2.05, 4.69) is 42.1 Å². The first-order valence-electron chi connectivity index (χ1n) is 8.09. The van der Waals surface area contributed by atoms with Crippen LogP contribution in [0.1, 0.15) is 29.7 Å². The first-order chi connectivity index (χ1) is 11.8. The maximum Gasteiger partial charge on any atom is 0.188 e. The van der Waals surface area contributed by atoms with Crippen LogP contribution in [0.15, 0.2) is 30.0 Å². The van der Waals surface area contributed by atoms with Crippen LogP contribution in [-0.2, 0) is 25.9 Å². The Morgan fingerprint density at radius 2 is 2.04 bits per heavy atom. The van der Waals surface area contributed by atoms with E-state index in [1.807, 2.05) is 12.3 Å². The Morgan fingerprint density at radius 1 is 1.17 bits per heavy atom. The molecule has 122 valence electrons. The zero-order chi connectivity index (χ0) is 16.4. The summed E-state index contributed by atoms with van der Waals surface area (Å²) in [6.07, 6.45) is 7.36. The highest BCUT2D eigenvalue weighted by atomic mass is 32.1. The van der Waals surface area contributed by atoms with Crippen molar-refractivity contribution in [1.29, 1.82) is 0 Å². The molecular weight excluding hydrogens is 320 g/mol. The molecule has 0 saturated heterocycles. The predicted octanol–water partition coefficient (Wildman–Crippen LogP) is 2.51. The van der Waals surface area contributed by atoms with Gasteiger partial charge in [-0.15, -0.1) is 11.3 Å². The molecule has 3 aromatic heterocycles. The summed E-state index contributed by atoms with van der Waals surface area (Å²) in [6, 6.07) is 1.82. The summed E-state index contributed by atoms with van der Waals surface area (Å²) in [5.74, 6) is 1.62. The van der Waals surface area contributed by atoms with Crippen molar-refractivity contribution in [3.05, 3.63) is 52.8 Å². The quantitative estimate of drug-likeness (QED) is 0.728. The maximum atomic E-state index is 4.69. The molecular formula is C17H18N6S. The summed E-state index contributed by atoms with van der Waals surface area (Å²) in [4.78, 5) is 24.7. The van der Waals surface area contributed by atoms with E-state index in [1.54, 1.807) is 23.7 Å². The van der Waals surface area contributed by atoms with Crippen molar-refractivity contribution in [1.82, 2.24) is 29.8 Å². The molecule has 0 aliphatic carbocycles. The number of aryl methyl sites for hydroxylation is 1. The van der Waals surface area contributed by atoms with E-state index in [1.165, 1.54) is 5.56 Å². The van der Waals surface area contributed by atoms with Gasteiger partial charge in [0, 0.05) is 50.0 Å². The lowest BCUT2D eigenvalue weighted by atomic mass is 10.1. The molecule has 7 heteroatoms. The van der Waals surface area contributed by atoms with Gasteiger partial charge in [-0.2, -0.15) is 0 Å². The fraction of sp³-hybridized carbons (Fsp3) is 0.353. The summed E-state index contributed by atoms with van der Waals surface area (Å²) >= 11 is 1.59. The third kappa shape index (κ3) is 3.18. The molecule has 0 bridgehead atoms. The Hall–Kier alpha value is -2.25. The summed E-state index contributed by atoms with van der Waals surface area (Å²) in [5, 5.41) is 2.97. The predicted molar refractivity (Wildman–Crippen MR) is 92.4 cm³/mol. The molecule has 4 heterocycles. The first kappa shape index (κ1) is 15.3. The van der Waals surface area contributed by atoms with Gasteiger partial charge in [-0.05, 0) is 18.1 Å². The molecule has 0 amide bonds. The molecule has 0 saturated carbocycles. The second-order valence-electron chi connectivity index (χ2n) is 5.79. The lowest BCUT2D eigenvalue weighted by molar-refractivity contribution is 0.238. The van der Waals surface area contributed by atoms with Crippen LogP contribution in [0.25, 0.3) is 10.8 Å². The minimum Gasteiger partial charge on any atom is -0.291 e. The Morgan fingerprint density at radius 3 is 2.88 bits per heavy atom. The highest BCUT2D eigenvalue weighted by Gasteiger charge is 2.19. The van der Waals surface area contributed by atoms with E-state index >= 15 is 0 Å². The number of rotatable bonds is 4. The minimum absolute atomic E-state index is 0.693. The lowest BCUT2D eigenvalue weighted by Gasteiger charge is -2.27. The Labute approximate surface area is 144 Å². The van der Waals surface area contributed by atoms with Crippen LogP contribution in [-0.4, -0.2) is 36.4 Å². The Balaban J connectivity index is 1.47. The summed E-state index contributed by atoms with van der Waals surface area (Å²) in [6.45, 7) is 4.79. The standard InChI is InChI=1S/C17H18N6S/c1-2-15-20-8-12-4-7-23(10-14(12)22-15)9-13-11-24-17(21-13)16-18-5-3-6-19-16/h3,5-6,8,11H,2,4,7,9-10H2,1H3. The highest BCUT2D eigenvalue weighted by molar-refractivity contribution is 7.13. The van der Waals surface area contributed by atoms with Crippen LogP contribution in [0.5, 0.6) is 0 Å². The summed E-state index contributed by atoms with van der Waals surface area (Å²) in [7, 11) is 0. The normalized spacial score (nSPS) is 14.5. The topological polar surface area (TPSA) is 67.7 Å². The summed E-state index contributed by atoms with van der Waals surface area (Å²) < 4.78 is 0. The van der Waals surface area contributed by atoms with E-state index in [0.717, 1.165) is 54.7 Å². The molecule has 0 unspecified atom stereocenters. The minimum atomic E-state index is 0.693. The van der Waals surface area contributed by atoms with Gasteiger partial charge in [0.2, 0.25) is 0 Å². The van der Waals surface area contributed by atoms with E-state index in [9.17, 15) is 0 Å². The molecule has 0 radical (unpaired) electrons. The average Bonchev–Trinajstić information content (AvgIpc) is 3.10. The first-order valence-corrected chi connectivity index (χ1v) is 8.97. The largest absolute Gasteiger partial charge is 0.291 e. The molecule has 4 rings (SSSR count). The van der Waals surface area contributed by atoms with Gasteiger partial charge in [-0.25, -0.2) is 24.9 Å². The van der Waals surface area contributed by atoms with Gasteiger partial charge in [0.05, 0.1) is 11.4 Å². The molecule has 0 spiro atoms. The van der Waals surface area contributed by atoms with Crippen LogP contribution in [0.4, 0.5) is 0 Å². The molecule has 6 nitrogen and oxygen atoms in total. The summed E-state index contributed by atoms with van der Waals surface area (Å²) in [5.41, 5.74) is 3.51. The van der Waals surface area contributed by atoms with Crippen molar-refractivity contribution < 1.29 is 0 Å². The molecule has 1 aliphatic heterocycles. The monoisotopic (exact) mass is 338 g/mol. The van der Waals surface area contributed by atoms with E-state index in [-0.39, 0.29) is 0 Å². The van der Waals surface area contributed by atoms with Crippen LogP contribution in [0.2, 0.25) is 0 Å². The van der Waals surface area contributed by atoms with Crippen molar-refractivity contribution in [3.8, 4) is 10.8 Å². The average molecular weight is 338 g/mol. The zero-order valence-electron chi connectivity index (χ0n) is 13.5. The fourth-order valence-electron chi connectivity index (χ4n) is 2.82. The van der Waals surface area contributed by atoms with Crippen molar-refractivity contribution in [2.75, 3.05) is 6.54 Å². The van der Waals surface area contributed by atoms with Crippen molar-refractivity contribution in [2.45, 2.75) is 32.9 Å². The van der Waals surface area contributed by atoms with Gasteiger partial charge >= 0.3 is 0 Å². The number of aromatic nitrogens is 5. The SMILES string of the molecule is CCc1ncc2c(n1)CN(Cc1csc(-c3ncccn3)n1)CC2. The fourth-order valence-corrected chi connectivity index (χ4v) is 3.58. The Kier molecular flexibility index (Phi) is 4.27. The van der Waals surface area contributed by atoms with Crippen molar-refractivity contribution >= 4 is 11.3 Å². The molecule has 0 atom stereocenters. The number of thiazole rings is 1. The highest BCUT2D eigenvalue weighted by Crippen LogP contribution is 2.23. The van der Waals surface area contributed by atoms with Crippen LogP contribution >= 0.6 is 11.3 Å². The van der Waals surface area contributed by atoms with Gasteiger partial charge < -0.3 is 0 Å². The second-order valence-corrected chi connectivity index (χ2v) is 6.65.